The number of hydrogen-bond acceptors (Lipinski definition) is 2. The van der Waals surface area contributed by atoms with Crippen LogP contribution in [-0.4, -0.2) is 19.5 Å². The highest BCUT2D eigenvalue weighted by molar-refractivity contribution is 5.12. The van der Waals surface area contributed by atoms with Gasteiger partial charge in [-0.2, -0.15) is 5.10 Å². The molecule has 2 aromatic rings. The summed E-state index contributed by atoms with van der Waals surface area (Å²) in [6.45, 7) is 2.52. The molecule has 102 valence electrons. The standard InChI is InChI=1S/C15H21N3O/c1-12(19)15-7-4-9-17(15)11-13-8-10-18(16-13)14-5-2-3-6-14/h4,7-10,12,14,19H,2-3,5-6,11H2,1H3. The number of nitrogens with zero attached hydrogens (tertiary/aromatic N) is 3. The molecular weight excluding hydrogens is 238 g/mol. The summed E-state index contributed by atoms with van der Waals surface area (Å²) < 4.78 is 4.18. The van der Waals surface area contributed by atoms with Crippen LogP contribution in [0.5, 0.6) is 0 Å². The van der Waals surface area contributed by atoms with E-state index < -0.39 is 6.10 Å². The van der Waals surface area contributed by atoms with E-state index in [9.17, 15) is 5.11 Å². The maximum absolute atomic E-state index is 9.70. The molecule has 0 bridgehead atoms. The van der Waals surface area contributed by atoms with Gasteiger partial charge in [-0.25, -0.2) is 0 Å². The lowest BCUT2D eigenvalue weighted by molar-refractivity contribution is 0.189. The van der Waals surface area contributed by atoms with Crippen molar-refractivity contribution in [2.45, 2.75) is 51.3 Å². The van der Waals surface area contributed by atoms with Crippen molar-refractivity contribution >= 4 is 0 Å². The summed E-state index contributed by atoms with van der Waals surface area (Å²) in [5.41, 5.74) is 2.00. The largest absolute Gasteiger partial charge is 0.387 e. The summed E-state index contributed by atoms with van der Waals surface area (Å²) in [6, 6.07) is 6.60. The molecule has 0 radical (unpaired) electrons. The Morgan fingerprint density at radius 3 is 2.84 bits per heavy atom. The van der Waals surface area contributed by atoms with Gasteiger partial charge in [-0.15, -0.1) is 0 Å². The molecule has 0 spiro atoms. The van der Waals surface area contributed by atoms with Crippen molar-refractivity contribution in [3.63, 3.8) is 0 Å². The highest BCUT2D eigenvalue weighted by atomic mass is 16.3. The van der Waals surface area contributed by atoms with Gasteiger partial charge in [-0.3, -0.25) is 4.68 Å². The molecule has 1 fully saturated rings. The SMILES string of the molecule is CC(O)c1cccn1Cc1ccn(C2CCCC2)n1. The van der Waals surface area contributed by atoms with Gasteiger partial charge in [-0.1, -0.05) is 12.8 Å². The van der Waals surface area contributed by atoms with Crippen LogP contribution in [0, 0.1) is 0 Å². The van der Waals surface area contributed by atoms with Gasteiger partial charge in [0.2, 0.25) is 0 Å². The molecule has 2 heterocycles. The fourth-order valence-corrected chi connectivity index (χ4v) is 2.96. The van der Waals surface area contributed by atoms with Crippen molar-refractivity contribution in [1.82, 2.24) is 14.3 Å². The third-order valence-corrected chi connectivity index (χ3v) is 3.99. The molecule has 4 nitrogen and oxygen atoms in total. The van der Waals surface area contributed by atoms with Crippen molar-refractivity contribution in [3.05, 3.63) is 42.0 Å². The normalized spacial score (nSPS) is 18.0. The zero-order valence-corrected chi connectivity index (χ0v) is 11.4. The van der Waals surface area contributed by atoms with E-state index in [0.717, 1.165) is 17.9 Å². The summed E-state index contributed by atoms with van der Waals surface area (Å²) in [6.07, 6.45) is 8.81. The van der Waals surface area contributed by atoms with Gasteiger partial charge in [0.05, 0.1) is 24.4 Å². The summed E-state index contributed by atoms with van der Waals surface area (Å²) in [7, 11) is 0. The Balaban J connectivity index is 1.74. The Morgan fingerprint density at radius 1 is 1.32 bits per heavy atom. The summed E-state index contributed by atoms with van der Waals surface area (Å²) in [5, 5.41) is 14.4. The first kappa shape index (κ1) is 12.5. The highest BCUT2D eigenvalue weighted by Crippen LogP contribution is 2.28. The first-order chi connectivity index (χ1) is 9.24. The number of rotatable bonds is 4. The lowest BCUT2D eigenvalue weighted by atomic mass is 10.3. The van der Waals surface area contributed by atoms with Gasteiger partial charge in [0.1, 0.15) is 0 Å². The number of aliphatic hydroxyl groups is 1. The van der Waals surface area contributed by atoms with Crippen molar-refractivity contribution < 1.29 is 5.11 Å². The summed E-state index contributed by atoms with van der Waals surface area (Å²) in [5.74, 6) is 0. The minimum atomic E-state index is -0.438. The Morgan fingerprint density at radius 2 is 2.11 bits per heavy atom. The molecule has 0 saturated heterocycles. The van der Waals surface area contributed by atoms with E-state index in [-0.39, 0.29) is 0 Å². The van der Waals surface area contributed by atoms with E-state index >= 15 is 0 Å². The first-order valence-corrected chi connectivity index (χ1v) is 7.11. The summed E-state index contributed by atoms with van der Waals surface area (Å²) in [4.78, 5) is 0. The fourth-order valence-electron chi connectivity index (χ4n) is 2.96. The molecule has 0 aromatic carbocycles. The molecule has 1 atom stereocenters. The van der Waals surface area contributed by atoms with E-state index in [2.05, 4.69) is 26.6 Å². The first-order valence-electron chi connectivity index (χ1n) is 7.11. The quantitative estimate of drug-likeness (QED) is 0.917. The lowest BCUT2D eigenvalue weighted by Gasteiger charge is -2.11. The van der Waals surface area contributed by atoms with Gasteiger partial charge in [0, 0.05) is 18.1 Å². The molecule has 3 rings (SSSR count). The van der Waals surface area contributed by atoms with Gasteiger partial charge < -0.3 is 9.67 Å². The molecule has 0 amide bonds. The second-order valence-electron chi connectivity index (χ2n) is 5.46. The van der Waals surface area contributed by atoms with Gasteiger partial charge in [0.25, 0.3) is 0 Å². The van der Waals surface area contributed by atoms with Gasteiger partial charge >= 0.3 is 0 Å². The van der Waals surface area contributed by atoms with Gasteiger partial charge in [0.15, 0.2) is 0 Å². The average molecular weight is 259 g/mol. The van der Waals surface area contributed by atoms with E-state index in [1.807, 2.05) is 18.3 Å². The third-order valence-electron chi connectivity index (χ3n) is 3.99. The van der Waals surface area contributed by atoms with E-state index in [0.29, 0.717) is 6.04 Å². The molecule has 2 aromatic heterocycles. The maximum atomic E-state index is 9.70. The van der Waals surface area contributed by atoms with E-state index in [4.69, 9.17) is 0 Å². The molecule has 1 unspecified atom stereocenters. The zero-order chi connectivity index (χ0) is 13.2. The van der Waals surface area contributed by atoms with Crippen molar-refractivity contribution in [2.24, 2.45) is 0 Å². The molecule has 1 aliphatic carbocycles. The van der Waals surface area contributed by atoms with Crippen LogP contribution < -0.4 is 0 Å². The molecule has 19 heavy (non-hydrogen) atoms. The zero-order valence-electron chi connectivity index (χ0n) is 11.4. The van der Waals surface area contributed by atoms with Crippen LogP contribution in [0.2, 0.25) is 0 Å². The molecule has 1 aliphatic rings. The van der Waals surface area contributed by atoms with Crippen LogP contribution in [0.3, 0.4) is 0 Å². The second kappa shape index (κ2) is 5.21. The predicted octanol–water partition coefficient (Wildman–Crippen LogP) is 2.90. The van der Waals surface area contributed by atoms with Crippen LogP contribution in [0.15, 0.2) is 30.6 Å². The van der Waals surface area contributed by atoms with Crippen LogP contribution in [0.25, 0.3) is 0 Å². The number of aliphatic hydroxyl groups excluding tert-OH is 1. The molecule has 1 saturated carbocycles. The third kappa shape index (κ3) is 2.59. The summed E-state index contributed by atoms with van der Waals surface area (Å²) >= 11 is 0. The van der Waals surface area contributed by atoms with Crippen LogP contribution >= 0.6 is 0 Å². The number of aromatic nitrogens is 3. The van der Waals surface area contributed by atoms with Crippen molar-refractivity contribution in [2.75, 3.05) is 0 Å². The minimum absolute atomic E-state index is 0.438. The van der Waals surface area contributed by atoms with Crippen molar-refractivity contribution in [1.29, 1.82) is 0 Å². The monoisotopic (exact) mass is 259 g/mol. The van der Waals surface area contributed by atoms with Gasteiger partial charge in [-0.05, 0) is 38.0 Å². The average Bonchev–Trinajstić information content (AvgIpc) is 3.09. The topological polar surface area (TPSA) is 43.0 Å². The van der Waals surface area contributed by atoms with E-state index in [1.54, 1.807) is 6.92 Å². The fraction of sp³-hybridized carbons (Fsp3) is 0.533. The highest BCUT2D eigenvalue weighted by Gasteiger charge is 2.17. The Kier molecular flexibility index (Phi) is 3.42. The van der Waals surface area contributed by atoms with Crippen LogP contribution in [0.1, 0.15) is 56.1 Å². The van der Waals surface area contributed by atoms with Crippen molar-refractivity contribution in [3.8, 4) is 0 Å². The van der Waals surface area contributed by atoms with Crippen LogP contribution in [0.4, 0.5) is 0 Å². The van der Waals surface area contributed by atoms with E-state index in [1.165, 1.54) is 25.7 Å². The Labute approximate surface area is 113 Å². The smallest absolute Gasteiger partial charge is 0.0911 e. The molecule has 1 N–H and O–H groups in total. The molecular formula is C15H21N3O. The minimum Gasteiger partial charge on any atom is -0.387 e. The number of hydrogen-bond donors (Lipinski definition) is 1. The molecule has 0 aliphatic heterocycles. The Hall–Kier alpha value is -1.55. The lowest BCUT2D eigenvalue weighted by Crippen LogP contribution is -2.09. The predicted molar refractivity (Wildman–Crippen MR) is 73.9 cm³/mol. The Bertz CT molecular complexity index is 535. The van der Waals surface area contributed by atoms with Crippen LogP contribution in [-0.2, 0) is 6.54 Å². The maximum Gasteiger partial charge on any atom is 0.0911 e. The second-order valence-corrected chi connectivity index (χ2v) is 5.46. The molecule has 4 heteroatoms.